The number of nitrogens with zero attached hydrogens (tertiary/aromatic N) is 1. The first kappa shape index (κ1) is 13.1. The van der Waals surface area contributed by atoms with Crippen LogP contribution in [0.5, 0.6) is 5.88 Å². The highest BCUT2D eigenvalue weighted by Crippen LogP contribution is 2.26. The third-order valence-electron chi connectivity index (χ3n) is 2.29. The number of hydrogen-bond donors (Lipinski definition) is 1. The van der Waals surface area contributed by atoms with Crippen LogP contribution in [0.25, 0.3) is 5.69 Å². The maximum absolute atomic E-state index is 11.5. The van der Waals surface area contributed by atoms with Crippen LogP contribution in [0.3, 0.4) is 0 Å². The Bertz CT molecular complexity index is 663. The molecule has 2 aromatic rings. The number of thiazole rings is 1. The minimum Gasteiger partial charge on any atom is -0.494 e. The molecule has 1 aromatic carbocycles. The lowest BCUT2D eigenvalue weighted by Gasteiger charge is -2.08. The standard InChI is InChI=1S/C11H8ClNO3S2/c1-16-10(15)7-4-6(2-3-8(7)12)13-9(14)5-18-11(13)17/h2-5,14H,1H3. The Kier molecular flexibility index (Phi) is 3.70. The molecule has 0 aliphatic rings. The van der Waals surface area contributed by atoms with E-state index in [0.29, 0.717) is 9.64 Å². The monoisotopic (exact) mass is 301 g/mol. The lowest BCUT2D eigenvalue weighted by molar-refractivity contribution is 0.0601. The van der Waals surface area contributed by atoms with Crippen molar-refractivity contribution in [1.82, 2.24) is 4.57 Å². The Hall–Kier alpha value is -1.37. The summed E-state index contributed by atoms with van der Waals surface area (Å²) in [5.74, 6) is -0.522. The summed E-state index contributed by atoms with van der Waals surface area (Å²) in [6.07, 6.45) is 0. The van der Waals surface area contributed by atoms with Crippen molar-refractivity contribution < 1.29 is 14.6 Å². The molecule has 7 heteroatoms. The number of aromatic hydroxyl groups is 1. The quantitative estimate of drug-likeness (QED) is 0.682. The molecule has 0 saturated carbocycles. The molecule has 4 nitrogen and oxygen atoms in total. The predicted octanol–water partition coefficient (Wildman–Crippen LogP) is 3.41. The number of methoxy groups -OCH3 is 1. The van der Waals surface area contributed by atoms with Crippen molar-refractivity contribution in [2.24, 2.45) is 0 Å². The van der Waals surface area contributed by atoms with E-state index in [2.05, 4.69) is 4.74 Å². The Labute approximate surface area is 117 Å². The number of ether oxygens (including phenoxy) is 1. The lowest BCUT2D eigenvalue weighted by Crippen LogP contribution is -2.04. The second kappa shape index (κ2) is 5.09. The SMILES string of the molecule is COC(=O)c1cc(-n2c(O)csc2=S)ccc1Cl. The van der Waals surface area contributed by atoms with Gasteiger partial charge in [0.25, 0.3) is 0 Å². The fourth-order valence-electron chi connectivity index (χ4n) is 1.46. The van der Waals surface area contributed by atoms with Crippen molar-refractivity contribution in [3.05, 3.63) is 38.1 Å². The molecule has 1 heterocycles. The van der Waals surface area contributed by atoms with Crippen LogP contribution in [0.2, 0.25) is 5.02 Å². The number of halogens is 1. The van der Waals surface area contributed by atoms with E-state index in [1.807, 2.05) is 0 Å². The van der Waals surface area contributed by atoms with E-state index in [-0.39, 0.29) is 16.5 Å². The van der Waals surface area contributed by atoms with Crippen LogP contribution in [0, 0.1) is 3.95 Å². The summed E-state index contributed by atoms with van der Waals surface area (Å²) in [6.45, 7) is 0. The van der Waals surface area contributed by atoms with Crippen molar-refractivity contribution in [1.29, 1.82) is 0 Å². The van der Waals surface area contributed by atoms with Gasteiger partial charge in [-0.1, -0.05) is 11.6 Å². The van der Waals surface area contributed by atoms with Gasteiger partial charge in [-0.15, -0.1) is 11.3 Å². The predicted molar refractivity (Wildman–Crippen MR) is 72.5 cm³/mol. The maximum Gasteiger partial charge on any atom is 0.339 e. The van der Waals surface area contributed by atoms with Crippen LogP contribution in [0.1, 0.15) is 10.4 Å². The first-order chi connectivity index (χ1) is 8.54. The number of carbonyl (C=O) groups excluding carboxylic acids is 1. The van der Waals surface area contributed by atoms with Gasteiger partial charge < -0.3 is 9.84 Å². The second-order valence-corrected chi connectivity index (χ2v) is 5.26. The summed E-state index contributed by atoms with van der Waals surface area (Å²) < 4.78 is 6.56. The minimum atomic E-state index is -0.539. The molecule has 0 spiro atoms. The van der Waals surface area contributed by atoms with Crippen LogP contribution < -0.4 is 0 Å². The van der Waals surface area contributed by atoms with Gasteiger partial charge in [-0.2, -0.15) is 0 Å². The van der Waals surface area contributed by atoms with Crippen molar-refractivity contribution in [2.45, 2.75) is 0 Å². The number of rotatable bonds is 2. The molecule has 0 amide bonds. The Morgan fingerprint density at radius 1 is 1.56 bits per heavy atom. The number of carbonyl (C=O) groups is 1. The van der Waals surface area contributed by atoms with Gasteiger partial charge in [0, 0.05) is 0 Å². The number of esters is 1. The van der Waals surface area contributed by atoms with Gasteiger partial charge in [0.05, 0.1) is 28.8 Å². The summed E-state index contributed by atoms with van der Waals surface area (Å²) in [6, 6.07) is 4.75. The molecule has 2 rings (SSSR count). The second-order valence-electron chi connectivity index (χ2n) is 3.35. The molecule has 0 bridgehead atoms. The van der Waals surface area contributed by atoms with Crippen molar-refractivity contribution in [3.8, 4) is 11.6 Å². The van der Waals surface area contributed by atoms with Gasteiger partial charge >= 0.3 is 5.97 Å². The number of benzene rings is 1. The average molecular weight is 302 g/mol. The average Bonchev–Trinajstić information content (AvgIpc) is 2.69. The van der Waals surface area contributed by atoms with Crippen LogP contribution in [-0.2, 0) is 4.74 Å². The third-order valence-corrected chi connectivity index (χ3v) is 3.80. The Morgan fingerprint density at radius 2 is 2.28 bits per heavy atom. The fraction of sp³-hybridized carbons (Fsp3) is 0.0909. The van der Waals surface area contributed by atoms with Crippen LogP contribution >= 0.6 is 35.2 Å². The molecule has 94 valence electrons. The molecule has 1 N–H and O–H groups in total. The molecule has 0 aliphatic heterocycles. The summed E-state index contributed by atoms with van der Waals surface area (Å²) in [5, 5.41) is 11.5. The van der Waals surface area contributed by atoms with Crippen LogP contribution in [0.15, 0.2) is 23.6 Å². The molecule has 0 saturated heterocycles. The largest absolute Gasteiger partial charge is 0.494 e. The van der Waals surface area contributed by atoms with Gasteiger partial charge in [0.1, 0.15) is 0 Å². The molecule has 0 fully saturated rings. The molecule has 0 radical (unpaired) electrons. The summed E-state index contributed by atoms with van der Waals surface area (Å²) in [7, 11) is 1.28. The van der Waals surface area contributed by atoms with Gasteiger partial charge in [-0.3, -0.25) is 4.57 Å². The lowest BCUT2D eigenvalue weighted by atomic mass is 10.2. The molecule has 0 atom stereocenters. The summed E-state index contributed by atoms with van der Waals surface area (Å²) in [4.78, 5) is 11.5. The molecule has 0 unspecified atom stereocenters. The van der Waals surface area contributed by atoms with E-state index >= 15 is 0 Å². The van der Waals surface area contributed by atoms with Gasteiger partial charge in [0.2, 0.25) is 5.88 Å². The highest BCUT2D eigenvalue weighted by Gasteiger charge is 2.13. The molecule has 0 aliphatic carbocycles. The first-order valence-electron chi connectivity index (χ1n) is 4.82. The number of aromatic nitrogens is 1. The van der Waals surface area contributed by atoms with E-state index in [9.17, 15) is 9.90 Å². The van der Waals surface area contributed by atoms with E-state index in [1.165, 1.54) is 34.5 Å². The highest BCUT2D eigenvalue weighted by molar-refractivity contribution is 7.73. The van der Waals surface area contributed by atoms with Gasteiger partial charge in [-0.25, -0.2) is 4.79 Å². The Morgan fingerprint density at radius 3 is 2.83 bits per heavy atom. The van der Waals surface area contributed by atoms with Gasteiger partial charge in [-0.05, 0) is 30.4 Å². The van der Waals surface area contributed by atoms with E-state index < -0.39 is 5.97 Å². The smallest absolute Gasteiger partial charge is 0.339 e. The van der Waals surface area contributed by atoms with E-state index in [1.54, 1.807) is 12.1 Å². The van der Waals surface area contributed by atoms with Gasteiger partial charge in [0.15, 0.2) is 3.95 Å². The zero-order valence-electron chi connectivity index (χ0n) is 9.21. The molecular weight excluding hydrogens is 294 g/mol. The third kappa shape index (κ3) is 2.27. The zero-order valence-corrected chi connectivity index (χ0v) is 11.6. The highest BCUT2D eigenvalue weighted by atomic mass is 35.5. The van der Waals surface area contributed by atoms with Crippen molar-refractivity contribution >= 4 is 41.1 Å². The summed E-state index contributed by atoms with van der Waals surface area (Å²) in [5.41, 5.74) is 0.785. The van der Waals surface area contributed by atoms with E-state index in [4.69, 9.17) is 23.8 Å². The minimum absolute atomic E-state index is 0.0168. The van der Waals surface area contributed by atoms with E-state index in [0.717, 1.165) is 0 Å². The van der Waals surface area contributed by atoms with Crippen LogP contribution in [-0.4, -0.2) is 22.8 Å². The van der Waals surface area contributed by atoms with Crippen molar-refractivity contribution in [3.63, 3.8) is 0 Å². The van der Waals surface area contributed by atoms with Crippen LogP contribution in [0.4, 0.5) is 0 Å². The maximum atomic E-state index is 11.5. The summed E-state index contributed by atoms with van der Waals surface area (Å²) >= 11 is 12.2. The zero-order chi connectivity index (χ0) is 13.3. The molecular formula is C11H8ClNO3S2. The van der Waals surface area contributed by atoms with Crippen molar-refractivity contribution in [2.75, 3.05) is 7.11 Å². The topological polar surface area (TPSA) is 51.5 Å². The Balaban J connectivity index is 2.61. The normalized spacial score (nSPS) is 10.3. The first-order valence-corrected chi connectivity index (χ1v) is 6.49. The molecule has 1 aromatic heterocycles. The number of hydrogen-bond acceptors (Lipinski definition) is 5. The fourth-order valence-corrected chi connectivity index (χ4v) is 2.61. The molecule has 18 heavy (non-hydrogen) atoms.